The van der Waals surface area contributed by atoms with Crippen LogP contribution in [-0.2, 0) is 13.1 Å². The van der Waals surface area contributed by atoms with E-state index in [1.165, 1.54) is 5.01 Å². The average Bonchev–Trinajstić information content (AvgIpc) is 2.69. The SMILES string of the molecule is CCOc1cc2c(c(F)c1OCC)CNN(CC(=O)c1ccc(S(F)(F)(F)(F)F)cc1Cl)C2. The molecule has 1 aliphatic rings. The normalized spacial score (nSPS) is 16.5. The highest BCUT2D eigenvalue weighted by atomic mass is 35.5. The minimum absolute atomic E-state index is 0.0117. The quantitative estimate of drug-likeness (QED) is 0.314. The molecule has 1 heterocycles. The van der Waals surface area contributed by atoms with Crippen LogP contribution in [0.2, 0.25) is 5.02 Å². The zero-order chi connectivity index (χ0) is 24.7. The first-order valence-electron chi connectivity index (χ1n) is 9.79. The number of ketones is 1. The molecule has 184 valence electrons. The van der Waals surface area contributed by atoms with E-state index in [0.717, 1.165) is 0 Å². The van der Waals surface area contributed by atoms with E-state index < -0.39 is 31.7 Å². The number of hydrogen-bond acceptors (Lipinski definition) is 5. The zero-order valence-corrected chi connectivity index (χ0v) is 19.1. The van der Waals surface area contributed by atoms with Crippen molar-refractivity contribution < 1.29 is 38.1 Å². The number of carbonyl (C=O) groups is 1. The summed E-state index contributed by atoms with van der Waals surface area (Å²) < 4.78 is 90.5. The van der Waals surface area contributed by atoms with Gasteiger partial charge in [-0.3, -0.25) is 4.79 Å². The van der Waals surface area contributed by atoms with Crippen LogP contribution >= 0.6 is 21.8 Å². The Morgan fingerprint density at radius 1 is 1.12 bits per heavy atom. The van der Waals surface area contributed by atoms with Gasteiger partial charge in [0.05, 0.1) is 24.8 Å². The predicted molar refractivity (Wildman–Crippen MR) is 113 cm³/mol. The third-order valence-electron chi connectivity index (χ3n) is 4.83. The van der Waals surface area contributed by atoms with Crippen LogP contribution in [0.4, 0.5) is 23.8 Å². The summed E-state index contributed by atoms with van der Waals surface area (Å²) in [6.07, 6.45) is 0. The van der Waals surface area contributed by atoms with Crippen molar-refractivity contribution in [3.8, 4) is 11.5 Å². The van der Waals surface area contributed by atoms with Crippen molar-refractivity contribution in [1.29, 1.82) is 0 Å². The molecule has 2 aromatic rings. The fraction of sp³-hybridized carbons (Fsp3) is 0.350. The number of carbonyl (C=O) groups excluding carboxylic acids is 1. The number of rotatable bonds is 8. The van der Waals surface area contributed by atoms with E-state index in [-0.39, 0.29) is 62.0 Å². The number of hydrazine groups is 1. The third-order valence-corrected chi connectivity index (χ3v) is 6.29. The molecule has 0 atom stereocenters. The van der Waals surface area contributed by atoms with E-state index in [1.54, 1.807) is 19.9 Å². The average molecular weight is 519 g/mol. The number of fused-ring (bicyclic) bond motifs is 1. The molecular weight excluding hydrogens is 498 g/mol. The molecule has 0 amide bonds. The van der Waals surface area contributed by atoms with Crippen LogP contribution in [0, 0.1) is 5.82 Å². The number of nitrogens with one attached hydrogen (secondary N) is 1. The van der Waals surface area contributed by atoms with Crippen molar-refractivity contribution in [2.75, 3.05) is 19.8 Å². The molecule has 0 fully saturated rings. The smallest absolute Gasteiger partial charge is 0.310 e. The molecule has 2 aromatic carbocycles. The molecule has 0 saturated heterocycles. The van der Waals surface area contributed by atoms with Crippen molar-refractivity contribution >= 4 is 27.6 Å². The molecule has 0 saturated carbocycles. The highest BCUT2D eigenvalue weighted by Gasteiger charge is 2.65. The number of hydrogen-bond donors (Lipinski definition) is 1. The summed E-state index contributed by atoms with van der Waals surface area (Å²) in [6.45, 7) is 3.65. The van der Waals surface area contributed by atoms with Gasteiger partial charge < -0.3 is 9.47 Å². The van der Waals surface area contributed by atoms with Gasteiger partial charge in [0, 0.05) is 24.2 Å². The Balaban J connectivity index is 1.81. The summed E-state index contributed by atoms with van der Waals surface area (Å²) in [5.41, 5.74) is 3.34. The van der Waals surface area contributed by atoms with E-state index >= 15 is 0 Å². The van der Waals surface area contributed by atoms with Gasteiger partial charge >= 0.3 is 10.2 Å². The topological polar surface area (TPSA) is 50.8 Å². The fourth-order valence-corrected chi connectivity index (χ4v) is 4.37. The minimum atomic E-state index is -9.92. The molecule has 0 unspecified atom stereocenters. The maximum atomic E-state index is 14.9. The number of nitrogens with zero attached hydrogens (tertiary/aromatic N) is 1. The Labute approximate surface area is 191 Å². The molecule has 5 nitrogen and oxygen atoms in total. The van der Waals surface area contributed by atoms with Crippen molar-refractivity contribution in [2.24, 2.45) is 0 Å². The molecule has 0 bridgehead atoms. The molecule has 33 heavy (non-hydrogen) atoms. The summed E-state index contributed by atoms with van der Waals surface area (Å²) >= 11 is 5.72. The van der Waals surface area contributed by atoms with E-state index in [2.05, 4.69) is 5.43 Å². The van der Waals surface area contributed by atoms with E-state index in [4.69, 9.17) is 21.1 Å². The van der Waals surface area contributed by atoms with Crippen LogP contribution in [0.5, 0.6) is 11.5 Å². The number of halogens is 7. The van der Waals surface area contributed by atoms with Crippen molar-refractivity contribution in [2.45, 2.75) is 31.8 Å². The summed E-state index contributed by atoms with van der Waals surface area (Å²) in [4.78, 5) is 10.4. The Morgan fingerprint density at radius 3 is 2.36 bits per heavy atom. The maximum Gasteiger partial charge on any atom is 0.310 e. The Morgan fingerprint density at radius 2 is 1.79 bits per heavy atom. The van der Waals surface area contributed by atoms with Gasteiger partial charge in [0.2, 0.25) is 0 Å². The summed E-state index contributed by atoms with van der Waals surface area (Å²) in [5, 5.41) is 0.670. The van der Waals surface area contributed by atoms with Crippen molar-refractivity contribution in [1.82, 2.24) is 10.4 Å². The lowest BCUT2D eigenvalue weighted by Crippen LogP contribution is -2.44. The lowest BCUT2D eigenvalue weighted by Gasteiger charge is -2.40. The first kappa shape index (κ1) is 25.5. The van der Waals surface area contributed by atoms with Crippen LogP contribution in [0.25, 0.3) is 0 Å². The minimum Gasteiger partial charge on any atom is -0.490 e. The molecular formula is C20H21ClF6N2O3S. The number of benzene rings is 2. The lowest BCUT2D eigenvalue weighted by atomic mass is 10.0. The van der Waals surface area contributed by atoms with Gasteiger partial charge in [-0.2, -0.15) is 0 Å². The van der Waals surface area contributed by atoms with Crippen LogP contribution in [0.3, 0.4) is 0 Å². The first-order valence-corrected chi connectivity index (χ1v) is 12.1. The Bertz CT molecular complexity index is 1100. The molecule has 1 aliphatic heterocycles. The first-order chi connectivity index (χ1) is 15.1. The predicted octanol–water partition coefficient (Wildman–Crippen LogP) is 6.64. The van der Waals surface area contributed by atoms with Gasteiger partial charge in [-0.25, -0.2) is 14.8 Å². The summed E-state index contributed by atoms with van der Waals surface area (Å²) in [7, 11) is -9.92. The van der Waals surface area contributed by atoms with Crippen LogP contribution < -0.4 is 14.9 Å². The van der Waals surface area contributed by atoms with E-state index in [1.807, 2.05) is 0 Å². The Kier molecular flexibility index (Phi) is 6.37. The van der Waals surface area contributed by atoms with Gasteiger partial charge in [0.25, 0.3) is 0 Å². The largest absolute Gasteiger partial charge is 0.490 e. The van der Waals surface area contributed by atoms with Crippen LogP contribution in [-0.4, -0.2) is 30.6 Å². The number of ether oxygens (including phenoxy) is 2. The van der Waals surface area contributed by atoms with E-state index in [9.17, 15) is 28.6 Å². The molecule has 0 radical (unpaired) electrons. The molecule has 0 aromatic heterocycles. The maximum absolute atomic E-state index is 14.9. The zero-order valence-electron chi connectivity index (χ0n) is 17.6. The standard InChI is InChI=1S/C20H21ClF6N2O3S/c1-3-31-18-7-12-10-29(28-9-15(12)19(22)20(18)32-4-2)11-17(30)14-6-5-13(8-16(14)21)33(23,24,25,26)27/h5-8,28H,3-4,9-11H2,1-2H3. The summed E-state index contributed by atoms with van der Waals surface area (Å²) in [5.74, 6) is -1.11. The molecule has 0 spiro atoms. The number of Topliss-reactive ketones (excluding diaryl/α,β-unsaturated/α-hetero) is 1. The summed E-state index contributed by atoms with van der Waals surface area (Å²) in [6, 6.07) is 2.41. The monoisotopic (exact) mass is 518 g/mol. The van der Waals surface area contributed by atoms with Crippen molar-refractivity contribution in [3.05, 3.63) is 51.8 Å². The highest BCUT2D eigenvalue weighted by molar-refractivity contribution is 8.45. The molecule has 13 heteroatoms. The van der Waals surface area contributed by atoms with Gasteiger partial charge in [-0.1, -0.05) is 31.0 Å². The van der Waals surface area contributed by atoms with Crippen molar-refractivity contribution in [3.63, 3.8) is 0 Å². The second-order valence-electron chi connectivity index (χ2n) is 7.25. The van der Waals surface area contributed by atoms with Gasteiger partial charge in [-0.15, -0.1) is 0 Å². The second-order valence-corrected chi connectivity index (χ2v) is 10.1. The highest BCUT2D eigenvalue weighted by Crippen LogP contribution is 3.02. The van der Waals surface area contributed by atoms with Gasteiger partial charge in [0.15, 0.2) is 23.1 Å². The fourth-order valence-electron chi connectivity index (χ4n) is 3.36. The van der Waals surface area contributed by atoms with Crippen LogP contribution in [0.1, 0.15) is 35.3 Å². The molecule has 1 N–H and O–H groups in total. The van der Waals surface area contributed by atoms with Gasteiger partial charge in [-0.05, 0) is 43.7 Å². The molecule has 3 rings (SSSR count). The Hall–Kier alpha value is -2.15. The van der Waals surface area contributed by atoms with Gasteiger partial charge in [0.1, 0.15) is 4.90 Å². The second kappa shape index (κ2) is 8.26. The molecule has 0 aliphatic carbocycles. The van der Waals surface area contributed by atoms with Crippen LogP contribution in [0.15, 0.2) is 29.2 Å². The lowest BCUT2D eigenvalue weighted by molar-refractivity contribution is 0.0845. The van der Waals surface area contributed by atoms with E-state index in [0.29, 0.717) is 17.2 Å². The third kappa shape index (κ3) is 5.68.